The number of alkyl halides is 2. The Morgan fingerprint density at radius 2 is 1.74 bits per heavy atom. The smallest absolute Gasteiger partial charge is 0.251 e. The van der Waals surface area contributed by atoms with Gasteiger partial charge in [0.2, 0.25) is 0 Å². The van der Waals surface area contributed by atoms with Gasteiger partial charge in [-0.05, 0) is 44.1 Å². The van der Waals surface area contributed by atoms with Crippen molar-refractivity contribution in [2.24, 2.45) is 0 Å². The lowest BCUT2D eigenvalue weighted by Crippen LogP contribution is -2.24. The number of nitrogens with one attached hydrogen (secondary N) is 1. The van der Waals surface area contributed by atoms with Gasteiger partial charge in [-0.3, -0.25) is 4.90 Å². The predicted octanol–water partition coefficient (Wildman–Crippen LogP) is 2.93. The number of nitrogens with zero attached hydrogens (tertiary/aromatic N) is 1. The highest BCUT2D eigenvalue weighted by atomic mass is 19.3. The van der Waals surface area contributed by atoms with Crippen LogP contribution in [-0.2, 0) is 13.0 Å². The van der Waals surface area contributed by atoms with E-state index in [2.05, 4.69) is 24.4 Å². The van der Waals surface area contributed by atoms with Crippen LogP contribution in [0.25, 0.3) is 0 Å². The molecule has 0 saturated carbocycles. The first-order valence-electron chi connectivity index (χ1n) is 6.87. The molecule has 0 fully saturated rings. The van der Waals surface area contributed by atoms with Crippen LogP contribution < -0.4 is 5.32 Å². The van der Waals surface area contributed by atoms with E-state index in [1.807, 2.05) is 12.1 Å². The van der Waals surface area contributed by atoms with E-state index in [4.69, 9.17) is 0 Å². The van der Waals surface area contributed by atoms with E-state index in [0.29, 0.717) is 6.54 Å². The zero-order valence-electron chi connectivity index (χ0n) is 11.8. The average Bonchev–Trinajstić information content (AvgIpc) is 2.35. The molecule has 1 N–H and O–H groups in total. The molecule has 0 heterocycles. The molecule has 0 aromatic heterocycles. The molecule has 0 aliphatic carbocycles. The third-order valence-corrected chi connectivity index (χ3v) is 2.94. The van der Waals surface area contributed by atoms with Gasteiger partial charge in [-0.2, -0.15) is 0 Å². The van der Waals surface area contributed by atoms with Gasteiger partial charge in [0.1, 0.15) is 0 Å². The first-order valence-corrected chi connectivity index (χ1v) is 6.87. The summed E-state index contributed by atoms with van der Waals surface area (Å²) in [7, 11) is 1.72. The Morgan fingerprint density at radius 1 is 1.11 bits per heavy atom. The van der Waals surface area contributed by atoms with Gasteiger partial charge in [0, 0.05) is 6.54 Å². The van der Waals surface area contributed by atoms with Gasteiger partial charge in [0.05, 0.1) is 6.54 Å². The minimum atomic E-state index is -2.27. The van der Waals surface area contributed by atoms with Crippen LogP contribution in [0.2, 0.25) is 0 Å². The topological polar surface area (TPSA) is 15.3 Å². The van der Waals surface area contributed by atoms with Crippen LogP contribution in [0, 0.1) is 0 Å². The maximum absolute atomic E-state index is 12.2. The zero-order chi connectivity index (χ0) is 14.1. The Bertz CT molecular complexity index is 339. The van der Waals surface area contributed by atoms with E-state index in [9.17, 15) is 8.78 Å². The molecule has 1 aromatic rings. The van der Waals surface area contributed by atoms with E-state index in [1.54, 1.807) is 11.9 Å². The summed E-state index contributed by atoms with van der Waals surface area (Å²) in [6.07, 6.45) is -0.114. The largest absolute Gasteiger partial charge is 0.316 e. The highest BCUT2D eigenvalue weighted by Crippen LogP contribution is 2.08. The summed E-state index contributed by atoms with van der Waals surface area (Å²) in [6, 6.07) is 8.21. The monoisotopic (exact) mass is 270 g/mol. The summed E-state index contributed by atoms with van der Waals surface area (Å²) in [4.78, 5) is 1.64. The summed E-state index contributed by atoms with van der Waals surface area (Å²) < 4.78 is 24.4. The van der Waals surface area contributed by atoms with Gasteiger partial charge in [0.15, 0.2) is 0 Å². The van der Waals surface area contributed by atoms with Crippen LogP contribution in [0.4, 0.5) is 8.78 Å². The second kappa shape index (κ2) is 8.99. The number of halogens is 2. The molecule has 0 spiro atoms. The molecule has 0 saturated heterocycles. The SMILES string of the molecule is CCCNCCc1ccc(CN(C)CC(F)F)cc1. The molecule has 1 aromatic carbocycles. The van der Waals surface area contributed by atoms with E-state index in [1.165, 1.54) is 5.56 Å². The zero-order valence-corrected chi connectivity index (χ0v) is 11.8. The molecule has 0 aliphatic rings. The van der Waals surface area contributed by atoms with Crippen molar-refractivity contribution in [2.45, 2.75) is 32.7 Å². The fraction of sp³-hybridized carbons (Fsp3) is 0.600. The summed E-state index contributed by atoms with van der Waals surface area (Å²) in [5.74, 6) is 0. The van der Waals surface area contributed by atoms with E-state index in [-0.39, 0.29) is 6.54 Å². The normalized spacial score (nSPS) is 11.5. The van der Waals surface area contributed by atoms with Gasteiger partial charge >= 0.3 is 0 Å². The second-order valence-corrected chi connectivity index (χ2v) is 4.90. The molecule has 108 valence electrons. The van der Waals surface area contributed by atoms with Crippen LogP contribution in [0.5, 0.6) is 0 Å². The highest BCUT2D eigenvalue weighted by molar-refractivity contribution is 5.22. The molecule has 19 heavy (non-hydrogen) atoms. The first kappa shape index (κ1) is 16.1. The van der Waals surface area contributed by atoms with Gasteiger partial charge < -0.3 is 5.32 Å². The standard InChI is InChI=1S/C15H24F2N2/c1-3-9-18-10-8-13-4-6-14(7-5-13)11-19(2)12-15(16)17/h4-7,15,18H,3,8-12H2,1-2H3. The minimum Gasteiger partial charge on any atom is -0.316 e. The number of rotatable bonds is 9. The van der Waals surface area contributed by atoms with E-state index >= 15 is 0 Å². The number of benzene rings is 1. The van der Waals surface area contributed by atoms with Crippen LogP contribution in [0.1, 0.15) is 24.5 Å². The van der Waals surface area contributed by atoms with E-state index < -0.39 is 6.43 Å². The van der Waals surface area contributed by atoms with Crippen molar-refractivity contribution >= 4 is 0 Å². The summed E-state index contributed by atoms with van der Waals surface area (Å²) >= 11 is 0. The molecule has 0 atom stereocenters. The molecule has 0 radical (unpaired) electrons. The van der Waals surface area contributed by atoms with Gasteiger partial charge in [-0.25, -0.2) is 8.78 Å². The van der Waals surface area contributed by atoms with Crippen molar-refractivity contribution in [2.75, 3.05) is 26.7 Å². The molecule has 0 amide bonds. The lowest BCUT2D eigenvalue weighted by atomic mass is 10.1. The van der Waals surface area contributed by atoms with Crippen molar-refractivity contribution in [1.29, 1.82) is 0 Å². The third-order valence-electron chi connectivity index (χ3n) is 2.94. The molecule has 0 unspecified atom stereocenters. The Morgan fingerprint density at radius 3 is 2.32 bits per heavy atom. The summed E-state index contributed by atoms with van der Waals surface area (Å²) in [5.41, 5.74) is 2.36. The van der Waals surface area contributed by atoms with E-state index in [0.717, 1.165) is 31.5 Å². The Hall–Kier alpha value is -1.00. The predicted molar refractivity (Wildman–Crippen MR) is 75.6 cm³/mol. The van der Waals surface area contributed by atoms with Crippen LogP contribution in [0.3, 0.4) is 0 Å². The fourth-order valence-electron chi connectivity index (χ4n) is 1.96. The van der Waals surface area contributed by atoms with Crippen molar-refractivity contribution in [3.8, 4) is 0 Å². The lowest BCUT2D eigenvalue weighted by Gasteiger charge is -2.16. The van der Waals surface area contributed by atoms with Gasteiger partial charge in [-0.1, -0.05) is 31.2 Å². The quantitative estimate of drug-likeness (QED) is 0.694. The first-order chi connectivity index (χ1) is 9.11. The second-order valence-electron chi connectivity index (χ2n) is 4.90. The fourth-order valence-corrected chi connectivity index (χ4v) is 1.96. The Kier molecular flexibility index (Phi) is 7.60. The summed E-state index contributed by atoms with van der Waals surface area (Å²) in [5, 5.41) is 3.36. The van der Waals surface area contributed by atoms with Crippen molar-refractivity contribution < 1.29 is 8.78 Å². The molecular formula is C15H24F2N2. The average molecular weight is 270 g/mol. The molecular weight excluding hydrogens is 246 g/mol. The molecule has 0 bridgehead atoms. The molecule has 2 nitrogen and oxygen atoms in total. The van der Waals surface area contributed by atoms with Crippen molar-refractivity contribution in [3.05, 3.63) is 35.4 Å². The van der Waals surface area contributed by atoms with Gasteiger partial charge in [0.25, 0.3) is 6.43 Å². The van der Waals surface area contributed by atoms with Crippen molar-refractivity contribution in [3.63, 3.8) is 0 Å². The maximum atomic E-state index is 12.2. The Balaban J connectivity index is 2.34. The van der Waals surface area contributed by atoms with Crippen molar-refractivity contribution in [1.82, 2.24) is 10.2 Å². The van der Waals surface area contributed by atoms with Crippen LogP contribution in [0.15, 0.2) is 24.3 Å². The minimum absolute atomic E-state index is 0.178. The lowest BCUT2D eigenvalue weighted by molar-refractivity contribution is 0.0975. The Labute approximate surface area is 114 Å². The highest BCUT2D eigenvalue weighted by Gasteiger charge is 2.07. The molecule has 1 rings (SSSR count). The molecule has 0 aliphatic heterocycles. The maximum Gasteiger partial charge on any atom is 0.251 e. The van der Waals surface area contributed by atoms with Gasteiger partial charge in [-0.15, -0.1) is 0 Å². The number of hydrogen-bond acceptors (Lipinski definition) is 2. The molecule has 4 heteroatoms. The number of hydrogen-bond donors (Lipinski definition) is 1. The third kappa shape index (κ3) is 7.23. The van der Waals surface area contributed by atoms with Crippen LogP contribution >= 0.6 is 0 Å². The van der Waals surface area contributed by atoms with Crippen LogP contribution in [-0.4, -0.2) is 38.0 Å². The summed E-state index contributed by atoms with van der Waals surface area (Å²) in [6.45, 7) is 4.58.